The Morgan fingerprint density at radius 2 is 2.33 bits per heavy atom. The first kappa shape index (κ1) is 15.0. The third-order valence-electron chi connectivity index (χ3n) is 3.68. The van der Waals surface area contributed by atoms with Crippen molar-refractivity contribution in [3.63, 3.8) is 0 Å². The average Bonchev–Trinajstić information content (AvgIpc) is 3.06. The van der Waals surface area contributed by atoms with Crippen LogP contribution in [0.25, 0.3) is 0 Å². The number of fused-ring (bicyclic) bond motifs is 1. The predicted molar refractivity (Wildman–Crippen MR) is 90.3 cm³/mol. The molecule has 5 heteroatoms. The minimum atomic E-state index is 0.295. The van der Waals surface area contributed by atoms with Crippen molar-refractivity contribution in [3.05, 3.63) is 43.8 Å². The Hall–Kier alpha value is -0.910. The first-order valence-electron chi connectivity index (χ1n) is 7.27. The SMILES string of the molecule is CCNC(Cc1cc(Br)cc2c1OCC2)c1cnc(C)s1. The van der Waals surface area contributed by atoms with Crippen molar-refractivity contribution in [2.75, 3.05) is 13.2 Å². The maximum absolute atomic E-state index is 5.84. The van der Waals surface area contributed by atoms with Gasteiger partial charge in [-0.2, -0.15) is 0 Å². The molecule has 1 aliphatic heterocycles. The van der Waals surface area contributed by atoms with Gasteiger partial charge >= 0.3 is 0 Å². The number of rotatable bonds is 5. The molecule has 3 nitrogen and oxygen atoms in total. The zero-order chi connectivity index (χ0) is 14.8. The highest BCUT2D eigenvalue weighted by atomic mass is 79.9. The smallest absolute Gasteiger partial charge is 0.125 e. The molecule has 0 aliphatic carbocycles. The zero-order valence-electron chi connectivity index (χ0n) is 12.3. The van der Waals surface area contributed by atoms with Crippen LogP contribution in [0.4, 0.5) is 0 Å². The van der Waals surface area contributed by atoms with E-state index in [-0.39, 0.29) is 0 Å². The van der Waals surface area contributed by atoms with E-state index in [9.17, 15) is 0 Å². The molecule has 0 saturated heterocycles. The summed E-state index contributed by atoms with van der Waals surface area (Å²) in [4.78, 5) is 5.68. The predicted octanol–water partition coefficient (Wildman–Crippen LogP) is 4.04. The van der Waals surface area contributed by atoms with Gasteiger partial charge in [0.1, 0.15) is 5.75 Å². The summed E-state index contributed by atoms with van der Waals surface area (Å²) in [5.74, 6) is 1.09. The molecule has 1 N–H and O–H groups in total. The van der Waals surface area contributed by atoms with Gasteiger partial charge in [0.25, 0.3) is 0 Å². The van der Waals surface area contributed by atoms with E-state index in [0.717, 1.165) is 41.2 Å². The highest BCUT2D eigenvalue weighted by Gasteiger charge is 2.21. The molecule has 0 radical (unpaired) electrons. The number of aromatic nitrogens is 1. The fourth-order valence-electron chi connectivity index (χ4n) is 2.78. The first-order chi connectivity index (χ1) is 10.2. The third kappa shape index (κ3) is 3.30. The molecule has 0 fully saturated rings. The lowest BCUT2D eigenvalue weighted by Gasteiger charge is -2.18. The summed E-state index contributed by atoms with van der Waals surface area (Å²) in [7, 11) is 0. The van der Waals surface area contributed by atoms with Crippen LogP contribution in [0.5, 0.6) is 5.75 Å². The van der Waals surface area contributed by atoms with Gasteiger partial charge in [-0.15, -0.1) is 11.3 Å². The third-order valence-corrected chi connectivity index (χ3v) is 5.17. The summed E-state index contributed by atoms with van der Waals surface area (Å²) in [6.07, 6.45) is 3.93. The zero-order valence-corrected chi connectivity index (χ0v) is 14.7. The summed E-state index contributed by atoms with van der Waals surface area (Å²) in [5.41, 5.74) is 2.59. The van der Waals surface area contributed by atoms with Crippen LogP contribution < -0.4 is 10.1 Å². The van der Waals surface area contributed by atoms with Gasteiger partial charge in [-0.1, -0.05) is 22.9 Å². The van der Waals surface area contributed by atoms with Crippen LogP contribution in [0.3, 0.4) is 0 Å². The number of ether oxygens (including phenoxy) is 1. The number of hydrogen-bond acceptors (Lipinski definition) is 4. The minimum Gasteiger partial charge on any atom is -0.493 e. The Kier molecular flexibility index (Phi) is 4.62. The van der Waals surface area contributed by atoms with Crippen LogP contribution in [-0.4, -0.2) is 18.1 Å². The lowest BCUT2D eigenvalue weighted by atomic mass is 10.0. The topological polar surface area (TPSA) is 34.1 Å². The summed E-state index contributed by atoms with van der Waals surface area (Å²) in [6.45, 7) is 5.93. The van der Waals surface area contributed by atoms with E-state index in [1.54, 1.807) is 11.3 Å². The van der Waals surface area contributed by atoms with E-state index in [4.69, 9.17) is 4.74 Å². The maximum Gasteiger partial charge on any atom is 0.125 e. The summed E-state index contributed by atoms with van der Waals surface area (Å²) >= 11 is 5.39. The molecule has 1 unspecified atom stereocenters. The van der Waals surface area contributed by atoms with Crippen molar-refractivity contribution in [3.8, 4) is 5.75 Å². The molecule has 112 valence electrons. The van der Waals surface area contributed by atoms with Crippen LogP contribution in [0.1, 0.15) is 34.0 Å². The highest BCUT2D eigenvalue weighted by Crippen LogP contribution is 2.36. The van der Waals surface area contributed by atoms with Crippen molar-refractivity contribution >= 4 is 27.3 Å². The van der Waals surface area contributed by atoms with Gasteiger partial charge in [-0.05, 0) is 43.1 Å². The number of nitrogens with one attached hydrogen (secondary N) is 1. The number of hydrogen-bond donors (Lipinski definition) is 1. The largest absolute Gasteiger partial charge is 0.493 e. The number of nitrogens with zero attached hydrogens (tertiary/aromatic N) is 1. The number of aryl methyl sites for hydroxylation is 1. The van der Waals surface area contributed by atoms with Gasteiger partial charge in [0.05, 0.1) is 11.6 Å². The summed E-state index contributed by atoms with van der Waals surface area (Å²) in [5, 5.41) is 4.69. The fourth-order valence-corrected chi connectivity index (χ4v) is 4.19. The molecule has 1 atom stereocenters. The molecule has 0 saturated carbocycles. The molecule has 2 aromatic rings. The van der Waals surface area contributed by atoms with Gasteiger partial charge in [-0.25, -0.2) is 4.98 Å². The lowest BCUT2D eigenvalue weighted by Crippen LogP contribution is -2.22. The summed E-state index contributed by atoms with van der Waals surface area (Å²) in [6, 6.07) is 4.65. The molecule has 1 aromatic carbocycles. The lowest BCUT2D eigenvalue weighted by molar-refractivity contribution is 0.351. The Morgan fingerprint density at radius 3 is 3.05 bits per heavy atom. The Bertz CT molecular complexity index is 641. The van der Waals surface area contributed by atoms with E-state index in [1.165, 1.54) is 16.0 Å². The monoisotopic (exact) mass is 366 g/mol. The van der Waals surface area contributed by atoms with Crippen molar-refractivity contribution in [1.82, 2.24) is 10.3 Å². The Balaban J connectivity index is 1.90. The second-order valence-corrected chi connectivity index (χ2v) is 7.43. The average molecular weight is 367 g/mol. The molecule has 0 bridgehead atoms. The van der Waals surface area contributed by atoms with Crippen LogP contribution in [0.15, 0.2) is 22.8 Å². The van der Waals surface area contributed by atoms with E-state index >= 15 is 0 Å². The second-order valence-electron chi connectivity index (χ2n) is 5.25. The van der Waals surface area contributed by atoms with Gasteiger partial charge in [0.2, 0.25) is 0 Å². The van der Waals surface area contributed by atoms with Crippen molar-refractivity contribution in [2.24, 2.45) is 0 Å². The molecule has 1 aromatic heterocycles. The van der Waals surface area contributed by atoms with Crippen molar-refractivity contribution in [2.45, 2.75) is 32.7 Å². The van der Waals surface area contributed by atoms with E-state index in [2.05, 4.69) is 52.2 Å². The molecular weight excluding hydrogens is 348 g/mol. The van der Waals surface area contributed by atoms with Gasteiger partial charge in [0.15, 0.2) is 0 Å². The normalized spacial score (nSPS) is 14.8. The summed E-state index contributed by atoms with van der Waals surface area (Å²) < 4.78 is 6.98. The minimum absolute atomic E-state index is 0.295. The second kappa shape index (κ2) is 6.46. The van der Waals surface area contributed by atoms with E-state index in [0.29, 0.717) is 6.04 Å². The Morgan fingerprint density at radius 1 is 1.48 bits per heavy atom. The maximum atomic E-state index is 5.84. The molecule has 0 amide bonds. The standard InChI is InChI=1S/C16H19BrN2OS/c1-3-18-14(15-9-19-10(2)21-15)8-12-7-13(17)6-11-4-5-20-16(11)12/h6-7,9,14,18H,3-5,8H2,1-2H3. The number of benzene rings is 1. The van der Waals surface area contributed by atoms with Crippen LogP contribution >= 0.6 is 27.3 Å². The van der Waals surface area contributed by atoms with Gasteiger partial charge in [-0.3, -0.25) is 0 Å². The molecule has 21 heavy (non-hydrogen) atoms. The van der Waals surface area contributed by atoms with Crippen LogP contribution in [0, 0.1) is 6.92 Å². The highest BCUT2D eigenvalue weighted by molar-refractivity contribution is 9.10. The molecule has 2 heterocycles. The van der Waals surface area contributed by atoms with Crippen LogP contribution in [0.2, 0.25) is 0 Å². The van der Waals surface area contributed by atoms with Gasteiger partial charge in [0, 0.05) is 28.0 Å². The van der Waals surface area contributed by atoms with E-state index < -0.39 is 0 Å². The first-order valence-corrected chi connectivity index (χ1v) is 8.88. The number of thiazole rings is 1. The fraction of sp³-hybridized carbons (Fsp3) is 0.438. The molecule has 3 rings (SSSR count). The number of likely N-dealkylation sites (N-methyl/N-ethyl adjacent to an activating group) is 1. The quantitative estimate of drug-likeness (QED) is 0.866. The van der Waals surface area contributed by atoms with E-state index in [1.807, 2.05) is 6.20 Å². The molecule has 1 aliphatic rings. The Labute approximate surface area is 137 Å². The van der Waals surface area contributed by atoms with Crippen LogP contribution in [-0.2, 0) is 12.8 Å². The van der Waals surface area contributed by atoms with Crippen molar-refractivity contribution < 1.29 is 4.74 Å². The van der Waals surface area contributed by atoms with Gasteiger partial charge < -0.3 is 10.1 Å². The molecular formula is C16H19BrN2OS. The van der Waals surface area contributed by atoms with Crippen molar-refractivity contribution in [1.29, 1.82) is 0 Å². The molecule has 0 spiro atoms. The number of halogens is 1.